The van der Waals surface area contributed by atoms with Crippen LogP contribution < -0.4 is 4.90 Å². The molecule has 1 aliphatic rings. The van der Waals surface area contributed by atoms with Crippen molar-refractivity contribution in [1.82, 2.24) is 4.98 Å². The molecule has 0 saturated carbocycles. The van der Waals surface area contributed by atoms with E-state index < -0.39 is 0 Å². The van der Waals surface area contributed by atoms with Crippen LogP contribution in [0.25, 0.3) is 11.5 Å². The minimum absolute atomic E-state index is 0.205. The van der Waals surface area contributed by atoms with E-state index in [0.717, 1.165) is 18.4 Å². The summed E-state index contributed by atoms with van der Waals surface area (Å²) in [6.07, 6.45) is 1.60. The number of benzene rings is 1. The molecule has 1 saturated heterocycles. The Bertz CT molecular complexity index is 795. The molecule has 130 valence electrons. The molecule has 25 heavy (non-hydrogen) atoms. The second kappa shape index (κ2) is 7.58. The number of hydrogen-bond acceptors (Lipinski definition) is 6. The van der Waals surface area contributed by atoms with Crippen LogP contribution in [0.5, 0.6) is 0 Å². The van der Waals surface area contributed by atoms with Crippen LogP contribution in [0.3, 0.4) is 0 Å². The van der Waals surface area contributed by atoms with E-state index in [1.807, 2.05) is 4.90 Å². The Morgan fingerprint density at radius 1 is 1.48 bits per heavy atom. The number of nitrogens with zero attached hydrogens (tertiary/aromatic N) is 3. The van der Waals surface area contributed by atoms with Gasteiger partial charge in [-0.1, -0.05) is 11.6 Å². The first-order valence-electron chi connectivity index (χ1n) is 8.20. The minimum Gasteiger partial charge on any atom is -0.466 e. The van der Waals surface area contributed by atoms with Crippen molar-refractivity contribution in [2.75, 3.05) is 24.6 Å². The number of esters is 1. The van der Waals surface area contributed by atoms with Gasteiger partial charge in [0.2, 0.25) is 17.5 Å². The molecule has 0 amide bonds. The van der Waals surface area contributed by atoms with Gasteiger partial charge in [-0.3, -0.25) is 4.79 Å². The molecule has 1 aromatic heterocycles. The first kappa shape index (κ1) is 17.3. The highest BCUT2D eigenvalue weighted by Gasteiger charge is 2.30. The number of rotatable bonds is 4. The largest absolute Gasteiger partial charge is 0.466 e. The van der Waals surface area contributed by atoms with E-state index >= 15 is 0 Å². The maximum Gasteiger partial charge on any atom is 0.310 e. The Morgan fingerprint density at radius 2 is 2.24 bits per heavy atom. The van der Waals surface area contributed by atoms with E-state index in [0.29, 0.717) is 36.5 Å². The molecule has 1 fully saturated rings. The van der Waals surface area contributed by atoms with Gasteiger partial charge in [-0.25, -0.2) is 0 Å². The Labute approximate surface area is 151 Å². The Balaban J connectivity index is 1.85. The molecule has 0 spiro atoms. The lowest BCUT2D eigenvalue weighted by atomic mass is 9.98. The average molecular weight is 360 g/mol. The number of hydrogen-bond donors (Lipinski definition) is 0. The van der Waals surface area contributed by atoms with Crippen molar-refractivity contribution in [3.8, 4) is 17.5 Å². The number of carbonyl (C=O) groups is 1. The van der Waals surface area contributed by atoms with Gasteiger partial charge in [0.1, 0.15) is 6.07 Å². The number of anilines is 1. The van der Waals surface area contributed by atoms with Gasteiger partial charge >= 0.3 is 5.97 Å². The summed E-state index contributed by atoms with van der Waals surface area (Å²) < 4.78 is 11.0. The smallest absolute Gasteiger partial charge is 0.310 e. The van der Waals surface area contributed by atoms with Gasteiger partial charge in [0.05, 0.1) is 12.5 Å². The Hall–Kier alpha value is -2.52. The molecule has 1 atom stereocenters. The maximum absolute atomic E-state index is 12.0. The standard InChI is InChI=1S/C18H18ClN3O3/c1-2-24-18(23)13-4-3-9-22(11-13)17-15(10-20)21-16(25-17)12-5-7-14(19)8-6-12/h5-8,13H,2-4,9,11H2,1H3/t13-/m1/s1. The monoisotopic (exact) mass is 359 g/mol. The summed E-state index contributed by atoms with van der Waals surface area (Å²) in [5.41, 5.74) is 0.959. The van der Waals surface area contributed by atoms with E-state index in [2.05, 4.69) is 11.1 Å². The molecule has 1 aliphatic heterocycles. The van der Waals surface area contributed by atoms with Crippen molar-refractivity contribution in [2.45, 2.75) is 19.8 Å². The van der Waals surface area contributed by atoms with Gasteiger partial charge < -0.3 is 14.1 Å². The molecular weight excluding hydrogens is 342 g/mol. The van der Waals surface area contributed by atoms with Crippen molar-refractivity contribution in [3.63, 3.8) is 0 Å². The van der Waals surface area contributed by atoms with Crippen molar-refractivity contribution in [2.24, 2.45) is 5.92 Å². The molecule has 1 aromatic carbocycles. The van der Waals surface area contributed by atoms with Crippen LogP contribution in [0.2, 0.25) is 5.02 Å². The fourth-order valence-electron chi connectivity index (χ4n) is 2.93. The van der Waals surface area contributed by atoms with Crippen LogP contribution in [-0.2, 0) is 9.53 Å². The summed E-state index contributed by atoms with van der Waals surface area (Å²) in [7, 11) is 0. The van der Waals surface area contributed by atoms with Crippen LogP contribution in [0.4, 0.5) is 5.88 Å². The van der Waals surface area contributed by atoms with Crippen molar-refractivity contribution >= 4 is 23.5 Å². The first-order valence-corrected chi connectivity index (χ1v) is 8.58. The van der Waals surface area contributed by atoms with Crippen LogP contribution in [0.15, 0.2) is 28.7 Å². The second-order valence-corrected chi connectivity index (χ2v) is 6.27. The van der Waals surface area contributed by atoms with E-state index in [-0.39, 0.29) is 17.6 Å². The number of carbonyl (C=O) groups excluding carboxylic acids is 1. The first-order chi connectivity index (χ1) is 12.1. The van der Waals surface area contributed by atoms with Crippen molar-refractivity contribution < 1.29 is 13.9 Å². The van der Waals surface area contributed by atoms with Gasteiger partial charge in [0.25, 0.3) is 0 Å². The van der Waals surface area contributed by atoms with E-state index in [9.17, 15) is 10.1 Å². The fraction of sp³-hybridized carbons (Fsp3) is 0.389. The third-order valence-electron chi connectivity index (χ3n) is 4.13. The molecule has 2 aromatic rings. The number of aromatic nitrogens is 1. The van der Waals surface area contributed by atoms with Crippen LogP contribution >= 0.6 is 11.6 Å². The summed E-state index contributed by atoms with van der Waals surface area (Å²) in [6, 6.07) is 9.13. The predicted octanol–water partition coefficient (Wildman–Crippen LogP) is 3.65. The SMILES string of the molecule is CCOC(=O)[C@@H]1CCCN(c2oc(-c3ccc(Cl)cc3)nc2C#N)C1. The zero-order valence-corrected chi connectivity index (χ0v) is 14.6. The quantitative estimate of drug-likeness (QED) is 0.775. The summed E-state index contributed by atoms with van der Waals surface area (Å²) in [5.74, 6) is 0.343. The molecule has 6 nitrogen and oxygen atoms in total. The molecule has 0 radical (unpaired) electrons. The maximum atomic E-state index is 12.0. The number of oxazole rings is 1. The zero-order valence-electron chi connectivity index (χ0n) is 13.9. The topological polar surface area (TPSA) is 79.4 Å². The molecule has 0 aliphatic carbocycles. The molecule has 2 heterocycles. The third-order valence-corrected chi connectivity index (χ3v) is 4.39. The van der Waals surface area contributed by atoms with Gasteiger partial charge in [0.15, 0.2) is 0 Å². The fourth-order valence-corrected chi connectivity index (χ4v) is 3.06. The molecule has 0 bridgehead atoms. The van der Waals surface area contributed by atoms with Crippen LogP contribution in [0.1, 0.15) is 25.5 Å². The lowest BCUT2D eigenvalue weighted by molar-refractivity contribution is -0.148. The average Bonchev–Trinajstić information content (AvgIpc) is 3.07. The van der Waals surface area contributed by atoms with Crippen LogP contribution in [-0.4, -0.2) is 30.6 Å². The highest BCUT2D eigenvalue weighted by molar-refractivity contribution is 6.30. The number of halogens is 1. The van der Waals surface area contributed by atoms with E-state index in [4.69, 9.17) is 20.8 Å². The molecule has 3 rings (SSSR count). The van der Waals surface area contributed by atoms with Crippen molar-refractivity contribution in [3.05, 3.63) is 35.0 Å². The minimum atomic E-state index is -0.218. The van der Waals surface area contributed by atoms with E-state index in [1.54, 1.807) is 31.2 Å². The Kier molecular flexibility index (Phi) is 5.25. The van der Waals surface area contributed by atoms with Gasteiger partial charge in [-0.05, 0) is 44.0 Å². The number of piperidine rings is 1. The lowest BCUT2D eigenvalue weighted by Crippen LogP contribution is -2.39. The highest BCUT2D eigenvalue weighted by Crippen LogP contribution is 2.31. The normalized spacial score (nSPS) is 17.2. The highest BCUT2D eigenvalue weighted by atomic mass is 35.5. The zero-order chi connectivity index (χ0) is 17.8. The third kappa shape index (κ3) is 3.77. The second-order valence-electron chi connectivity index (χ2n) is 5.83. The molecule has 0 unspecified atom stereocenters. The van der Waals surface area contributed by atoms with Gasteiger partial charge in [-0.15, -0.1) is 0 Å². The summed E-state index contributed by atoms with van der Waals surface area (Å²) in [6.45, 7) is 3.32. The number of nitriles is 1. The summed E-state index contributed by atoms with van der Waals surface area (Å²) in [4.78, 5) is 18.2. The summed E-state index contributed by atoms with van der Waals surface area (Å²) >= 11 is 5.90. The Morgan fingerprint density at radius 3 is 2.92 bits per heavy atom. The lowest BCUT2D eigenvalue weighted by Gasteiger charge is -2.31. The number of ether oxygens (including phenoxy) is 1. The van der Waals surface area contributed by atoms with Crippen LogP contribution in [0, 0.1) is 17.2 Å². The predicted molar refractivity (Wildman–Crippen MR) is 93.2 cm³/mol. The van der Waals surface area contributed by atoms with E-state index in [1.165, 1.54) is 0 Å². The molecule has 7 heteroatoms. The van der Waals surface area contributed by atoms with Crippen molar-refractivity contribution in [1.29, 1.82) is 5.26 Å². The molecule has 0 N–H and O–H groups in total. The summed E-state index contributed by atoms with van der Waals surface area (Å²) in [5, 5.41) is 10.0. The molecular formula is C18H18ClN3O3. The van der Waals surface area contributed by atoms with Gasteiger partial charge in [0, 0.05) is 23.7 Å². The van der Waals surface area contributed by atoms with Gasteiger partial charge in [-0.2, -0.15) is 10.2 Å².